The lowest BCUT2D eigenvalue weighted by Crippen LogP contribution is -2.38. The zero-order valence-electron chi connectivity index (χ0n) is 18.3. The van der Waals surface area contributed by atoms with E-state index in [1.165, 1.54) is 24.0 Å². The second kappa shape index (κ2) is 12.2. The molecular formula is C24H32IN5O2. The number of halogens is 1. The fourth-order valence-electron chi connectivity index (χ4n) is 4.07. The Morgan fingerprint density at radius 1 is 1.03 bits per heavy atom. The van der Waals surface area contributed by atoms with E-state index >= 15 is 0 Å². The van der Waals surface area contributed by atoms with Gasteiger partial charge in [0, 0.05) is 37.4 Å². The van der Waals surface area contributed by atoms with Gasteiger partial charge in [-0.15, -0.1) is 24.0 Å². The molecule has 1 fully saturated rings. The third kappa shape index (κ3) is 7.18. The summed E-state index contributed by atoms with van der Waals surface area (Å²) in [5.74, 6) is 0.405. The van der Waals surface area contributed by atoms with Crippen LogP contribution in [-0.4, -0.2) is 49.6 Å². The third-order valence-electron chi connectivity index (χ3n) is 5.77. The molecule has 4 N–H and O–H groups in total. The van der Waals surface area contributed by atoms with Crippen LogP contribution in [0.25, 0.3) is 0 Å². The van der Waals surface area contributed by atoms with E-state index < -0.39 is 0 Å². The monoisotopic (exact) mass is 549 g/mol. The van der Waals surface area contributed by atoms with E-state index in [0.717, 1.165) is 56.2 Å². The van der Waals surface area contributed by atoms with E-state index in [4.69, 9.17) is 10.5 Å². The molecule has 7 nitrogen and oxygen atoms in total. The van der Waals surface area contributed by atoms with E-state index in [1.807, 2.05) is 24.3 Å². The molecule has 0 radical (unpaired) electrons. The van der Waals surface area contributed by atoms with Crippen LogP contribution < -0.4 is 16.4 Å². The van der Waals surface area contributed by atoms with Gasteiger partial charge in [0.2, 0.25) is 5.91 Å². The molecular weight excluding hydrogens is 517 g/mol. The van der Waals surface area contributed by atoms with Crippen molar-refractivity contribution in [3.05, 3.63) is 59.2 Å². The van der Waals surface area contributed by atoms with Gasteiger partial charge in [-0.1, -0.05) is 18.2 Å². The van der Waals surface area contributed by atoms with Gasteiger partial charge in [0.25, 0.3) is 0 Å². The van der Waals surface area contributed by atoms with Gasteiger partial charge in [-0.25, -0.2) is 4.99 Å². The third-order valence-corrected chi connectivity index (χ3v) is 5.77. The molecule has 0 atom stereocenters. The summed E-state index contributed by atoms with van der Waals surface area (Å²) in [4.78, 5) is 19.0. The van der Waals surface area contributed by atoms with Crippen molar-refractivity contribution >= 4 is 47.2 Å². The van der Waals surface area contributed by atoms with Crippen LogP contribution in [0, 0.1) is 0 Å². The average molecular weight is 549 g/mol. The Morgan fingerprint density at radius 3 is 2.66 bits per heavy atom. The Kier molecular flexibility index (Phi) is 9.31. The predicted octanol–water partition coefficient (Wildman–Crippen LogP) is 3.38. The van der Waals surface area contributed by atoms with Crippen molar-refractivity contribution in [1.29, 1.82) is 0 Å². The fourth-order valence-corrected chi connectivity index (χ4v) is 4.07. The maximum Gasteiger partial charge on any atom is 0.225 e. The van der Waals surface area contributed by atoms with Gasteiger partial charge in [-0.05, 0) is 60.2 Å². The smallest absolute Gasteiger partial charge is 0.225 e. The highest BCUT2D eigenvalue weighted by Crippen LogP contribution is 2.24. The Labute approximate surface area is 206 Å². The van der Waals surface area contributed by atoms with Crippen molar-refractivity contribution in [2.24, 2.45) is 10.7 Å². The quantitative estimate of drug-likeness (QED) is 0.280. The number of fused-ring (bicyclic) bond motifs is 1. The summed E-state index contributed by atoms with van der Waals surface area (Å²) in [6.07, 6.45) is 3.99. The molecule has 8 heteroatoms. The SMILES string of the molecule is I.NC(=NCc1cccc(NC(=O)CCN2CCOCC2)c1)Nc1ccc2c(c1)CCC2. The number of carbonyl (C=O) groups is 1. The molecule has 2 aromatic rings. The first-order chi connectivity index (χ1) is 15.2. The second-order valence-corrected chi connectivity index (χ2v) is 8.12. The van der Waals surface area contributed by atoms with Crippen molar-refractivity contribution in [3.63, 3.8) is 0 Å². The molecule has 0 unspecified atom stereocenters. The average Bonchev–Trinajstić information content (AvgIpc) is 3.25. The molecule has 2 aromatic carbocycles. The van der Waals surface area contributed by atoms with E-state index in [9.17, 15) is 4.79 Å². The summed E-state index contributed by atoms with van der Waals surface area (Å²) in [5.41, 5.74) is 11.7. The first-order valence-corrected chi connectivity index (χ1v) is 11.0. The standard InChI is InChI=1S/C24H31N5O2.HI/c25-24(28-22-8-7-19-4-2-5-20(19)16-22)26-17-18-3-1-6-21(15-18)27-23(30)9-10-29-11-13-31-14-12-29;/h1,3,6-8,15-16H,2,4-5,9-14,17H2,(H,27,30)(H3,25,26,28);1H. The number of nitrogens with zero attached hydrogens (tertiary/aromatic N) is 2. The number of anilines is 2. The minimum Gasteiger partial charge on any atom is -0.379 e. The van der Waals surface area contributed by atoms with Crippen molar-refractivity contribution in [2.45, 2.75) is 32.2 Å². The number of amides is 1. The molecule has 0 spiro atoms. The number of aryl methyl sites for hydroxylation is 2. The van der Waals surface area contributed by atoms with Crippen LogP contribution in [0.4, 0.5) is 11.4 Å². The van der Waals surface area contributed by atoms with E-state index in [0.29, 0.717) is 18.9 Å². The van der Waals surface area contributed by atoms with Gasteiger partial charge in [0.1, 0.15) is 0 Å². The molecule has 4 rings (SSSR count). The number of ether oxygens (including phenoxy) is 1. The van der Waals surface area contributed by atoms with Gasteiger partial charge >= 0.3 is 0 Å². The van der Waals surface area contributed by atoms with Crippen LogP contribution in [0.5, 0.6) is 0 Å². The van der Waals surface area contributed by atoms with Crippen LogP contribution in [0.3, 0.4) is 0 Å². The summed E-state index contributed by atoms with van der Waals surface area (Å²) in [5, 5.41) is 6.16. The highest BCUT2D eigenvalue weighted by molar-refractivity contribution is 14.0. The topological polar surface area (TPSA) is 92.0 Å². The number of guanidine groups is 1. The lowest BCUT2D eigenvalue weighted by atomic mass is 10.1. The second-order valence-electron chi connectivity index (χ2n) is 8.12. The molecule has 1 aliphatic carbocycles. The Hall–Kier alpha value is -2.17. The molecule has 1 amide bonds. The summed E-state index contributed by atoms with van der Waals surface area (Å²) < 4.78 is 5.34. The molecule has 172 valence electrons. The van der Waals surface area contributed by atoms with Gasteiger partial charge in [0.15, 0.2) is 5.96 Å². The highest BCUT2D eigenvalue weighted by Gasteiger charge is 2.13. The Bertz CT molecular complexity index is 944. The molecule has 2 aliphatic rings. The number of aliphatic imine (C=N–C) groups is 1. The lowest BCUT2D eigenvalue weighted by molar-refractivity contribution is -0.116. The number of morpholine rings is 1. The first kappa shape index (κ1) is 24.5. The molecule has 1 aliphatic heterocycles. The van der Waals surface area contributed by atoms with Crippen molar-refractivity contribution in [2.75, 3.05) is 43.5 Å². The van der Waals surface area contributed by atoms with E-state index in [2.05, 4.69) is 38.7 Å². The van der Waals surface area contributed by atoms with Gasteiger partial charge < -0.3 is 21.1 Å². The summed E-state index contributed by atoms with van der Waals surface area (Å²) in [6, 6.07) is 14.1. The van der Waals surface area contributed by atoms with Crippen LogP contribution >= 0.6 is 24.0 Å². The van der Waals surface area contributed by atoms with Crippen molar-refractivity contribution in [3.8, 4) is 0 Å². The van der Waals surface area contributed by atoms with Gasteiger partial charge in [-0.2, -0.15) is 0 Å². The summed E-state index contributed by atoms with van der Waals surface area (Å²) >= 11 is 0. The Balaban J connectivity index is 0.00000289. The fraction of sp³-hybridized carbons (Fsp3) is 0.417. The summed E-state index contributed by atoms with van der Waals surface area (Å²) in [6.45, 7) is 4.47. The van der Waals surface area contributed by atoms with E-state index in [-0.39, 0.29) is 29.9 Å². The molecule has 0 bridgehead atoms. The first-order valence-electron chi connectivity index (χ1n) is 11.0. The van der Waals surface area contributed by atoms with Crippen LogP contribution in [0.2, 0.25) is 0 Å². The normalized spacial score (nSPS) is 16.2. The number of rotatable bonds is 7. The lowest BCUT2D eigenvalue weighted by Gasteiger charge is -2.26. The van der Waals surface area contributed by atoms with Crippen LogP contribution in [0.1, 0.15) is 29.5 Å². The van der Waals surface area contributed by atoms with Crippen LogP contribution in [-0.2, 0) is 28.9 Å². The van der Waals surface area contributed by atoms with Crippen molar-refractivity contribution < 1.29 is 9.53 Å². The van der Waals surface area contributed by atoms with Gasteiger partial charge in [-0.3, -0.25) is 9.69 Å². The van der Waals surface area contributed by atoms with Gasteiger partial charge in [0.05, 0.1) is 19.8 Å². The Morgan fingerprint density at radius 2 is 1.81 bits per heavy atom. The zero-order valence-corrected chi connectivity index (χ0v) is 20.6. The largest absolute Gasteiger partial charge is 0.379 e. The molecule has 1 heterocycles. The summed E-state index contributed by atoms with van der Waals surface area (Å²) in [7, 11) is 0. The zero-order chi connectivity index (χ0) is 21.5. The molecule has 1 saturated heterocycles. The maximum absolute atomic E-state index is 12.3. The molecule has 32 heavy (non-hydrogen) atoms. The number of carbonyl (C=O) groups excluding carboxylic acids is 1. The molecule has 0 aromatic heterocycles. The van der Waals surface area contributed by atoms with Crippen LogP contribution in [0.15, 0.2) is 47.5 Å². The predicted molar refractivity (Wildman–Crippen MR) is 140 cm³/mol. The minimum absolute atomic E-state index is 0. The number of hydrogen-bond donors (Lipinski definition) is 3. The number of benzene rings is 2. The maximum atomic E-state index is 12.3. The highest BCUT2D eigenvalue weighted by atomic mass is 127. The number of nitrogens with two attached hydrogens (primary N) is 1. The number of nitrogens with one attached hydrogen (secondary N) is 2. The number of hydrogen-bond acceptors (Lipinski definition) is 4. The minimum atomic E-state index is 0. The molecule has 0 saturated carbocycles. The van der Waals surface area contributed by atoms with Crippen molar-refractivity contribution in [1.82, 2.24) is 4.90 Å². The van der Waals surface area contributed by atoms with E-state index in [1.54, 1.807) is 0 Å².